The smallest absolute Gasteiger partial charge is 0.108 e. The highest BCUT2D eigenvalue weighted by molar-refractivity contribution is 7.20. The molecular weight excluding hydrogens is 378 g/mol. The number of hydrogen-bond acceptors (Lipinski definition) is 0. The summed E-state index contributed by atoms with van der Waals surface area (Å²) in [7, 11) is 2.01. The number of rotatable bonds is 4. The summed E-state index contributed by atoms with van der Waals surface area (Å²) in [5.41, 5.74) is 5.36. The Hall–Kier alpha value is -2.63. The third kappa shape index (κ3) is 5.29. The topological polar surface area (TPSA) is 0 Å². The van der Waals surface area contributed by atoms with Gasteiger partial charge >= 0.3 is 0 Å². The largest absolute Gasteiger partial charge is 0.195 e. The van der Waals surface area contributed by atoms with Crippen molar-refractivity contribution in [1.82, 2.24) is 0 Å². The molecule has 0 nitrogen and oxygen atoms in total. The molecule has 30 heavy (non-hydrogen) atoms. The summed E-state index contributed by atoms with van der Waals surface area (Å²) in [5, 5.41) is 0.528. The number of benzene rings is 4. The maximum atomic E-state index is 2.26. The van der Waals surface area contributed by atoms with E-state index in [-0.39, 0.29) is 0 Å². The summed E-state index contributed by atoms with van der Waals surface area (Å²) in [6, 6.07) is 43.5. The van der Waals surface area contributed by atoms with E-state index in [0.29, 0.717) is 5.16 Å². The van der Waals surface area contributed by atoms with Crippen molar-refractivity contribution < 1.29 is 0 Å². The molecule has 0 fully saturated rings. The molecule has 0 saturated carbocycles. The molecule has 0 bridgehead atoms. The van der Waals surface area contributed by atoms with Gasteiger partial charge in [-0.2, -0.15) is 21.9 Å². The van der Waals surface area contributed by atoms with E-state index >= 15 is 0 Å². The van der Waals surface area contributed by atoms with Crippen LogP contribution in [0.15, 0.2) is 121 Å². The zero-order chi connectivity index (χ0) is 21.5. The summed E-state index contributed by atoms with van der Waals surface area (Å²) < 4.78 is 0. The molecule has 4 aromatic carbocycles. The third-order valence-corrected chi connectivity index (χ3v) is 5.20. The Morgan fingerprint density at radius 2 is 0.600 bits per heavy atom. The first-order valence-corrected chi connectivity index (χ1v) is 11.4. The normalized spacial score (nSPS) is 11.4. The molecule has 1 atom stereocenters. The molecule has 0 aliphatic rings. The van der Waals surface area contributed by atoms with Crippen molar-refractivity contribution in [3.8, 4) is 0 Å². The first-order valence-electron chi connectivity index (χ1n) is 10.7. The highest BCUT2D eigenvalue weighted by Crippen LogP contribution is 2.12. The molecule has 2 heteroatoms. The predicted molar refractivity (Wildman–Crippen MR) is 141 cm³/mol. The Kier molecular flexibility index (Phi) is 7.30. The van der Waals surface area contributed by atoms with Gasteiger partial charge in [-0.15, -0.1) is 0 Å². The minimum absolute atomic E-state index is 0.528. The summed E-state index contributed by atoms with van der Waals surface area (Å²) >= 11 is 0. The van der Waals surface area contributed by atoms with Crippen LogP contribution in [0.25, 0.3) is 0 Å². The fourth-order valence-corrected chi connectivity index (χ4v) is 4.12. The summed E-state index contributed by atoms with van der Waals surface area (Å²) in [4.78, 5) is 0. The van der Waals surface area contributed by atoms with E-state index in [1.807, 2.05) is 9.24 Å². The van der Waals surface area contributed by atoms with E-state index in [2.05, 4.69) is 142 Å². The van der Waals surface area contributed by atoms with E-state index in [1.165, 1.54) is 21.9 Å². The van der Waals surface area contributed by atoms with Crippen molar-refractivity contribution in [2.75, 3.05) is 0 Å². The number of hydrogen-bond donors (Lipinski definition) is 0. The molecule has 0 aliphatic carbocycles. The fraction of sp³-hybridized carbons (Fsp3) is 0.143. The molecule has 1 unspecified atom stereocenters. The maximum absolute atomic E-state index is 2.26. The van der Waals surface area contributed by atoms with Gasteiger partial charge in [0.15, 0.2) is 0 Å². The minimum Gasteiger partial charge on any atom is -0.195 e. The van der Waals surface area contributed by atoms with Gasteiger partial charge in [0, 0.05) is 0 Å². The van der Waals surface area contributed by atoms with Crippen LogP contribution in [0.4, 0.5) is 0 Å². The molecule has 4 aromatic rings. The van der Waals surface area contributed by atoms with Crippen molar-refractivity contribution in [2.24, 2.45) is 0 Å². The molecular formula is C28H32BP. The van der Waals surface area contributed by atoms with Crippen LogP contribution in [-0.4, -0.2) is 11.3 Å². The molecule has 0 spiro atoms. The van der Waals surface area contributed by atoms with Crippen molar-refractivity contribution in [1.29, 1.82) is 0 Å². The fourth-order valence-electron chi connectivity index (χ4n) is 4.12. The summed E-state index contributed by atoms with van der Waals surface area (Å²) in [6.45, 7) is 6.60. The lowest BCUT2D eigenvalue weighted by molar-refractivity contribution is 0.804. The quantitative estimate of drug-likeness (QED) is 0.344. The van der Waals surface area contributed by atoms with E-state index in [0.717, 1.165) is 0 Å². The first-order chi connectivity index (χ1) is 14.4. The average Bonchev–Trinajstić information content (AvgIpc) is 2.76. The molecule has 0 amide bonds. The van der Waals surface area contributed by atoms with Crippen molar-refractivity contribution in [3.05, 3.63) is 121 Å². The van der Waals surface area contributed by atoms with Crippen LogP contribution in [0.1, 0.15) is 20.8 Å². The zero-order valence-electron chi connectivity index (χ0n) is 18.3. The van der Waals surface area contributed by atoms with Crippen LogP contribution in [0, 0.1) is 0 Å². The molecule has 0 heterocycles. The highest BCUT2D eigenvalue weighted by atomic mass is 31.0. The SMILES string of the molecule is CC(C)(C)[PH3+].c1ccc([B-](c2ccccc2)(c2ccccc2)c2ccccc2)cc1. The second-order valence-electron chi connectivity index (χ2n) is 9.07. The Labute approximate surface area is 184 Å². The lowest BCUT2D eigenvalue weighted by Gasteiger charge is -2.44. The first kappa shape index (κ1) is 22.1. The summed E-state index contributed by atoms with van der Waals surface area (Å²) in [6.07, 6.45) is -1.22. The van der Waals surface area contributed by atoms with Crippen LogP contribution in [0.2, 0.25) is 0 Å². The molecule has 4 rings (SSSR count). The van der Waals surface area contributed by atoms with Gasteiger partial charge in [0.2, 0.25) is 0 Å². The van der Waals surface area contributed by atoms with Crippen LogP contribution in [0.3, 0.4) is 0 Å². The molecule has 152 valence electrons. The van der Waals surface area contributed by atoms with E-state index in [1.54, 1.807) is 0 Å². The Bertz CT molecular complexity index is 838. The van der Waals surface area contributed by atoms with Gasteiger partial charge < -0.3 is 0 Å². The standard InChI is InChI=1S/C24H20B.C4H11P/c1-5-13-21(14-6-1)25(22-15-7-2-8-16-22,23-17-9-3-10-18-23)24-19-11-4-12-20-24;1-4(2,3)5/h1-20H;5H2,1-3H3/q-1;/p+1. The van der Waals surface area contributed by atoms with Gasteiger partial charge in [-0.1, -0.05) is 121 Å². The van der Waals surface area contributed by atoms with Crippen molar-refractivity contribution >= 4 is 37.2 Å². The average molecular weight is 410 g/mol. The van der Waals surface area contributed by atoms with Crippen molar-refractivity contribution in [3.63, 3.8) is 0 Å². The van der Waals surface area contributed by atoms with E-state index in [4.69, 9.17) is 0 Å². The van der Waals surface area contributed by atoms with Gasteiger partial charge in [0.25, 0.3) is 0 Å². The molecule has 0 aromatic heterocycles. The van der Waals surface area contributed by atoms with Crippen LogP contribution in [0.5, 0.6) is 0 Å². The van der Waals surface area contributed by atoms with Crippen LogP contribution < -0.4 is 21.9 Å². The highest BCUT2D eigenvalue weighted by Gasteiger charge is 2.30. The predicted octanol–water partition coefficient (Wildman–Crippen LogP) is 4.46. The lowest BCUT2D eigenvalue weighted by Crippen LogP contribution is -2.74. The molecule has 0 radical (unpaired) electrons. The second kappa shape index (κ2) is 9.92. The van der Waals surface area contributed by atoms with E-state index in [9.17, 15) is 0 Å². The third-order valence-electron chi connectivity index (χ3n) is 5.20. The zero-order valence-corrected chi connectivity index (χ0v) is 19.7. The Balaban J connectivity index is 0.000000461. The van der Waals surface area contributed by atoms with Crippen LogP contribution >= 0.6 is 9.24 Å². The Morgan fingerprint density at radius 3 is 0.767 bits per heavy atom. The minimum atomic E-state index is -1.22. The molecule has 0 aliphatic heterocycles. The van der Waals surface area contributed by atoms with Crippen molar-refractivity contribution in [2.45, 2.75) is 25.9 Å². The molecule has 0 saturated heterocycles. The Morgan fingerprint density at radius 1 is 0.433 bits per heavy atom. The lowest BCUT2D eigenvalue weighted by atomic mass is 9.13. The monoisotopic (exact) mass is 410 g/mol. The van der Waals surface area contributed by atoms with Gasteiger partial charge in [-0.3, -0.25) is 0 Å². The maximum Gasteiger partial charge on any atom is 0.108 e. The molecule has 0 N–H and O–H groups in total. The van der Waals surface area contributed by atoms with Gasteiger partial charge in [-0.25, -0.2) is 0 Å². The van der Waals surface area contributed by atoms with Gasteiger partial charge in [-0.05, 0) is 30.0 Å². The van der Waals surface area contributed by atoms with Gasteiger partial charge in [0.1, 0.15) is 6.15 Å². The van der Waals surface area contributed by atoms with Gasteiger partial charge in [0.05, 0.1) is 5.16 Å². The van der Waals surface area contributed by atoms with E-state index < -0.39 is 6.15 Å². The summed E-state index contributed by atoms with van der Waals surface area (Å²) in [5.74, 6) is 0. The second-order valence-corrected chi connectivity index (χ2v) is 11.2. The van der Waals surface area contributed by atoms with Crippen LogP contribution in [-0.2, 0) is 0 Å².